The number of halogens is 6. The van der Waals surface area contributed by atoms with Gasteiger partial charge in [0.05, 0.1) is 10.7 Å². The third-order valence-corrected chi connectivity index (χ3v) is 6.36. The van der Waals surface area contributed by atoms with Crippen molar-refractivity contribution in [3.8, 4) is 0 Å². The minimum absolute atomic E-state index is 0.108. The number of piperazine rings is 1. The molecule has 2 aromatic rings. The minimum Gasteiger partial charge on any atom is -0.338 e. The van der Waals surface area contributed by atoms with E-state index in [9.17, 15) is 18.0 Å². The number of aromatic nitrogens is 2. The number of nitrogens with zero attached hydrogens (tertiary/aromatic N) is 4. The highest BCUT2D eigenvalue weighted by Gasteiger charge is 2.39. The van der Waals surface area contributed by atoms with E-state index >= 15 is 0 Å². The summed E-state index contributed by atoms with van der Waals surface area (Å²) in [5.41, 5.74) is -0.241. The van der Waals surface area contributed by atoms with E-state index in [1.54, 1.807) is 23.1 Å². The fourth-order valence-electron chi connectivity index (χ4n) is 3.46. The Morgan fingerprint density at radius 3 is 2.20 bits per heavy atom. The van der Waals surface area contributed by atoms with Gasteiger partial charge in [0, 0.05) is 48.3 Å². The Morgan fingerprint density at radius 2 is 1.70 bits per heavy atom. The van der Waals surface area contributed by atoms with Gasteiger partial charge >= 0.3 is 6.18 Å². The summed E-state index contributed by atoms with van der Waals surface area (Å²) in [7, 11) is 0. The summed E-state index contributed by atoms with van der Waals surface area (Å²) in [5.74, 6) is -0.304. The van der Waals surface area contributed by atoms with Crippen LogP contribution in [0.1, 0.15) is 29.9 Å². The Balaban J connectivity index is 1.66. The molecule has 1 aromatic carbocycles. The maximum Gasteiger partial charge on any atom is 0.436 e. The van der Waals surface area contributed by atoms with Crippen molar-refractivity contribution in [2.45, 2.75) is 32.6 Å². The highest BCUT2D eigenvalue weighted by atomic mass is 35.5. The Bertz CT molecular complexity index is 920. The zero-order chi connectivity index (χ0) is 22.2. The van der Waals surface area contributed by atoms with E-state index in [-0.39, 0.29) is 11.6 Å². The average molecular weight is 484 g/mol. The van der Waals surface area contributed by atoms with Crippen LogP contribution in [0.25, 0.3) is 0 Å². The molecule has 1 unspecified atom stereocenters. The van der Waals surface area contributed by atoms with E-state index in [1.807, 2.05) is 0 Å². The molecule has 1 aliphatic heterocycles. The first-order chi connectivity index (χ1) is 14.0. The van der Waals surface area contributed by atoms with Crippen LogP contribution in [0.5, 0.6) is 0 Å². The molecule has 2 heterocycles. The Labute approximate surface area is 187 Å². The molecule has 30 heavy (non-hydrogen) atoms. The predicted molar refractivity (Wildman–Crippen MR) is 110 cm³/mol. The van der Waals surface area contributed by atoms with Gasteiger partial charge in [0.1, 0.15) is 6.04 Å². The molecule has 0 N–H and O–H groups in total. The topological polar surface area (TPSA) is 41.4 Å². The number of hydrogen-bond acceptors (Lipinski definition) is 3. The maximum absolute atomic E-state index is 13.1. The van der Waals surface area contributed by atoms with Gasteiger partial charge in [-0.3, -0.25) is 14.4 Å². The van der Waals surface area contributed by atoms with Gasteiger partial charge in [-0.2, -0.15) is 18.3 Å². The lowest BCUT2D eigenvalue weighted by atomic mass is 10.2. The van der Waals surface area contributed by atoms with Gasteiger partial charge in [0.15, 0.2) is 5.69 Å². The van der Waals surface area contributed by atoms with Crippen LogP contribution in [-0.4, -0.2) is 51.7 Å². The summed E-state index contributed by atoms with van der Waals surface area (Å²) in [5, 5.41) is 4.25. The molecule has 5 nitrogen and oxygen atoms in total. The first kappa shape index (κ1) is 23.2. The summed E-state index contributed by atoms with van der Waals surface area (Å²) in [6, 6.07) is 4.43. The fourth-order valence-corrected chi connectivity index (χ4v) is 4.21. The van der Waals surface area contributed by atoms with Crippen LogP contribution in [0.15, 0.2) is 18.2 Å². The second-order valence-electron chi connectivity index (χ2n) is 7.17. The molecule has 0 spiro atoms. The molecule has 11 heteroatoms. The first-order valence-corrected chi connectivity index (χ1v) is 10.4. The van der Waals surface area contributed by atoms with Crippen LogP contribution in [0.3, 0.4) is 0 Å². The molecule has 1 atom stereocenters. The quantitative estimate of drug-likeness (QED) is 0.609. The number of amides is 1. The second-order valence-corrected chi connectivity index (χ2v) is 8.36. The summed E-state index contributed by atoms with van der Waals surface area (Å²) < 4.78 is 40.2. The zero-order valence-electron chi connectivity index (χ0n) is 16.3. The standard InChI is InChI=1S/C19H20Cl3F3N4O/c1-11-16(22)17(19(23,24)25)26-29(11)12(2)18(30)28-8-6-27(7-9-28)10-13-14(20)4-3-5-15(13)21/h3-5,12H,6-10H2,1-2H3. The van der Waals surface area contributed by atoms with Crippen LogP contribution in [0.4, 0.5) is 13.2 Å². The molecule has 0 radical (unpaired) electrons. The number of alkyl halides is 3. The number of rotatable bonds is 4. The van der Waals surface area contributed by atoms with Gasteiger partial charge in [-0.15, -0.1) is 0 Å². The van der Waals surface area contributed by atoms with Crippen molar-refractivity contribution in [3.05, 3.63) is 50.2 Å². The molecular formula is C19H20Cl3F3N4O. The molecule has 3 rings (SSSR count). The smallest absolute Gasteiger partial charge is 0.338 e. The SMILES string of the molecule is Cc1c(Cl)c(C(F)(F)F)nn1C(C)C(=O)N1CCN(Cc2c(Cl)cccc2Cl)CC1. The molecule has 1 aromatic heterocycles. The van der Waals surface area contributed by atoms with Crippen LogP contribution in [-0.2, 0) is 17.5 Å². The first-order valence-electron chi connectivity index (χ1n) is 9.26. The largest absolute Gasteiger partial charge is 0.436 e. The molecule has 0 bridgehead atoms. The van der Waals surface area contributed by atoms with Crippen molar-refractivity contribution in [1.82, 2.24) is 19.6 Å². The van der Waals surface area contributed by atoms with Crippen molar-refractivity contribution in [3.63, 3.8) is 0 Å². The van der Waals surface area contributed by atoms with Crippen molar-refractivity contribution >= 4 is 40.7 Å². The number of carbonyl (C=O) groups is 1. The van der Waals surface area contributed by atoms with Crippen molar-refractivity contribution < 1.29 is 18.0 Å². The normalized spacial score (nSPS) is 16.7. The van der Waals surface area contributed by atoms with Gasteiger partial charge in [-0.05, 0) is 26.0 Å². The maximum atomic E-state index is 13.1. The summed E-state index contributed by atoms with van der Waals surface area (Å²) in [6.45, 7) is 5.55. The second kappa shape index (κ2) is 8.94. The zero-order valence-corrected chi connectivity index (χ0v) is 18.6. The van der Waals surface area contributed by atoms with E-state index < -0.39 is 22.9 Å². The van der Waals surface area contributed by atoms with Crippen LogP contribution >= 0.6 is 34.8 Å². The van der Waals surface area contributed by atoms with Gasteiger partial charge in [-0.25, -0.2) is 0 Å². The summed E-state index contributed by atoms with van der Waals surface area (Å²) in [6.07, 6.45) is -4.68. The summed E-state index contributed by atoms with van der Waals surface area (Å²) >= 11 is 18.2. The predicted octanol–water partition coefficient (Wildman–Crippen LogP) is 5.08. The van der Waals surface area contributed by atoms with E-state index in [4.69, 9.17) is 34.8 Å². The van der Waals surface area contributed by atoms with Gasteiger partial charge in [0.2, 0.25) is 5.91 Å². The molecule has 1 amide bonds. The Kier molecular flexibility index (Phi) is 6.91. The van der Waals surface area contributed by atoms with Crippen molar-refractivity contribution in [1.29, 1.82) is 0 Å². The average Bonchev–Trinajstić information content (AvgIpc) is 2.99. The van der Waals surface area contributed by atoms with Crippen molar-refractivity contribution in [2.75, 3.05) is 26.2 Å². The minimum atomic E-state index is -4.68. The highest BCUT2D eigenvalue weighted by molar-refractivity contribution is 6.36. The molecule has 0 aliphatic carbocycles. The summed E-state index contributed by atoms with van der Waals surface area (Å²) in [4.78, 5) is 16.6. The monoisotopic (exact) mass is 482 g/mol. The molecular weight excluding hydrogens is 464 g/mol. The lowest BCUT2D eigenvalue weighted by Gasteiger charge is -2.36. The molecule has 164 valence electrons. The number of benzene rings is 1. The third-order valence-electron chi connectivity index (χ3n) is 5.20. The van der Waals surface area contributed by atoms with Crippen LogP contribution < -0.4 is 0 Å². The molecule has 1 saturated heterocycles. The lowest BCUT2D eigenvalue weighted by molar-refractivity contribution is -0.142. The highest BCUT2D eigenvalue weighted by Crippen LogP contribution is 2.36. The van der Waals surface area contributed by atoms with E-state index in [1.165, 1.54) is 13.8 Å². The van der Waals surface area contributed by atoms with E-state index in [0.29, 0.717) is 42.8 Å². The molecule has 1 fully saturated rings. The number of carbonyl (C=O) groups excluding carboxylic acids is 1. The van der Waals surface area contributed by atoms with Crippen LogP contribution in [0.2, 0.25) is 15.1 Å². The van der Waals surface area contributed by atoms with Gasteiger partial charge < -0.3 is 4.90 Å². The van der Waals surface area contributed by atoms with E-state index in [0.717, 1.165) is 10.2 Å². The Morgan fingerprint density at radius 1 is 1.13 bits per heavy atom. The fraction of sp³-hybridized carbons (Fsp3) is 0.474. The lowest BCUT2D eigenvalue weighted by Crippen LogP contribution is -2.50. The molecule has 0 saturated carbocycles. The van der Waals surface area contributed by atoms with Crippen molar-refractivity contribution in [2.24, 2.45) is 0 Å². The van der Waals surface area contributed by atoms with Gasteiger partial charge in [-0.1, -0.05) is 40.9 Å². The molecule has 1 aliphatic rings. The number of hydrogen-bond donors (Lipinski definition) is 0. The third kappa shape index (κ3) is 4.72. The van der Waals surface area contributed by atoms with E-state index in [2.05, 4.69) is 10.00 Å². The van der Waals surface area contributed by atoms with Gasteiger partial charge in [0.25, 0.3) is 0 Å². The van der Waals surface area contributed by atoms with Crippen LogP contribution in [0, 0.1) is 6.92 Å². The Hall–Kier alpha value is -1.48.